The zero-order chi connectivity index (χ0) is 9.15. The predicted molar refractivity (Wildman–Crippen MR) is 49.6 cm³/mol. The molecular weight excluding hydrogens is 211 g/mol. The van der Waals surface area contributed by atoms with Crippen molar-refractivity contribution in [1.29, 1.82) is 0 Å². The largest absolute Gasteiger partial charge is 1.00 e. The number of hydrogen-bond acceptors (Lipinski definition) is 2. The van der Waals surface area contributed by atoms with Crippen LogP contribution in [0.15, 0.2) is 0 Å². The zero-order valence-corrected chi connectivity index (χ0v) is 11.8. The Kier molecular flexibility index (Phi) is 46.6. The van der Waals surface area contributed by atoms with E-state index >= 15 is 0 Å². The summed E-state index contributed by atoms with van der Waals surface area (Å²) in [4.78, 5) is 18.2. The fraction of sp³-hybridized carbons (Fsp3) is 0.500. The second-order valence-corrected chi connectivity index (χ2v) is 1.56. The molecule has 0 radical (unpaired) electrons. The Morgan fingerprint density at radius 2 is 1.09 bits per heavy atom. The Morgan fingerprint density at radius 3 is 1.09 bits per heavy atom. The minimum Gasteiger partial charge on any atom is -1.00 e. The van der Waals surface area contributed by atoms with Gasteiger partial charge in [-0.3, -0.25) is 9.59 Å². The zero-order valence-electron chi connectivity index (χ0n) is 7.87. The molecule has 0 spiro atoms. The molecule has 4 nitrogen and oxygen atoms in total. The first-order chi connectivity index (χ1) is 4.46. The normalized spacial score (nSPS) is 5.09. The number of carbonyl (C=O) groups is 2. The maximum Gasteiger partial charge on any atom is 1.00 e. The maximum atomic E-state index is 9.09. The van der Waals surface area contributed by atoms with Gasteiger partial charge in [-0.2, -0.15) is 0 Å². The molecule has 7 heteroatoms. The van der Waals surface area contributed by atoms with Crippen molar-refractivity contribution in [1.82, 2.24) is 0 Å². The van der Waals surface area contributed by atoms with Crippen LogP contribution < -0.4 is 62.9 Å². The number of carbonyl (C=O) groups excluding carboxylic acids is 2. The van der Waals surface area contributed by atoms with Crippen LogP contribution in [-0.2, 0) is 0 Å². The predicted octanol–water partition coefficient (Wildman–Crippen LogP) is -1.87. The van der Waals surface area contributed by atoms with Gasteiger partial charge < -0.3 is 12.9 Å². The number of nitrogens with two attached hydrogens (primary N) is 2. The Hall–Kier alpha value is 1.28. The van der Waals surface area contributed by atoms with Gasteiger partial charge in [0, 0.05) is 0 Å². The third-order valence-corrected chi connectivity index (χ3v) is 0. The first kappa shape index (κ1) is 22.8. The summed E-state index contributed by atoms with van der Waals surface area (Å²) in [6.45, 7) is 4.00. The minimum atomic E-state index is -0.639. The van der Waals surface area contributed by atoms with Crippen molar-refractivity contribution in [3.63, 3.8) is 0 Å². The molecule has 0 rings (SSSR count). The summed E-state index contributed by atoms with van der Waals surface area (Å²) in [5.74, 6) is 0. The molecule has 0 aromatic carbocycles. The van der Waals surface area contributed by atoms with Gasteiger partial charge in [-0.05, 0) is 0 Å². The molecule has 2 amide bonds. The minimum absolute atomic E-state index is 0. The van der Waals surface area contributed by atoms with Gasteiger partial charge in [0.15, 0.2) is 0 Å². The van der Waals surface area contributed by atoms with Crippen molar-refractivity contribution < 1.29 is 62.4 Å². The molecule has 11 heavy (non-hydrogen) atoms. The van der Waals surface area contributed by atoms with Gasteiger partial charge in [0.25, 0.3) is 10.5 Å². The Balaban J connectivity index is -0.0000000198. The first-order valence-corrected chi connectivity index (χ1v) is 3.33. The van der Waals surface area contributed by atoms with Gasteiger partial charge in [0.2, 0.25) is 0 Å². The van der Waals surface area contributed by atoms with E-state index in [1.54, 1.807) is 0 Å². The van der Waals surface area contributed by atoms with E-state index < -0.39 is 10.5 Å². The first-order valence-electron chi connectivity index (χ1n) is 2.43. The molecule has 0 saturated heterocycles. The van der Waals surface area contributed by atoms with Crippen molar-refractivity contribution >= 4 is 35.7 Å². The summed E-state index contributed by atoms with van der Waals surface area (Å²) in [7, 11) is 0. The van der Waals surface area contributed by atoms with E-state index in [-0.39, 0.29) is 52.8 Å². The van der Waals surface area contributed by atoms with E-state index in [4.69, 9.17) is 9.59 Å². The van der Waals surface area contributed by atoms with E-state index in [1.807, 2.05) is 13.8 Å². The Morgan fingerprint density at radius 1 is 1.09 bits per heavy atom. The molecule has 0 aliphatic carbocycles. The van der Waals surface area contributed by atoms with Gasteiger partial charge in [-0.15, -0.1) is 0 Å². The van der Waals surface area contributed by atoms with Crippen LogP contribution in [0.25, 0.3) is 0 Å². The standard InChI is InChI=1S/C2H6.2CH3NOS.K.H/c1-2;2*2-1(3)4;;/h1-2H3;2*(H3,2,3,4);;/q;;;+1;-1. The van der Waals surface area contributed by atoms with Crippen LogP contribution in [0.3, 0.4) is 0 Å². The number of primary amides is 2. The van der Waals surface area contributed by atoms with Crippen LogP contribution in [-0.4, -0.2) is 10.5 Å². The van der Waals surface area contributed by atoms with Crippen molar-refractivity contribution in [2.75, 3.05) is 0 Å². The van der Waals surface area contributed by atoms with E-state index in [9.17, 15) is 0 Å². The molecule has 0 aromatic rings. The van der Waals surface area contributed by atoms with Crippen molar-refractivity contribution in [2.45, 2.75) is 13.8 Å². The molecule has 0 saturated carbocycles. The average Bonchev–Trinajstić information content (AvgIpc) is 1.66. The van der Waals surface area contributed by atoms with E-state index in [0.29, 0.717) is 0 Å². The monoisotopic (exact) mass is 224 g/mol. The second-order valence-electron chi connectivity index (χ2n) is 0.676. The molecule has 0 fully saturated rings. The Bertz CT molecular complexity index is 87.1. The van der Waals surface area contributed by atoms with Gasteiger partial charge in [0.1, 0.15) is 0 Å². The van der Waals surface area contributed by atoms with Crippen LogP contribution in [0.4, 0.5) is 9.59 Å². The van der Waals surface area contributed by atoms with Crippen molar-refractivity contribution in [2.24, 2.45) is 11.5 Å². The molecule has 0 aromatic heterocycles. The summed E-state index contributed by atoms with van der Waals surface area (Å²) in [5.41, 5.74) is 8.67. The van der Waals surface area contributed by atoms with Gasteiger partial charge in [-0.25, -0.2) is 0 Å². The van der Waals surface area contributed by atoms with Crippen LogP contribution >= 0.6 is 25.3 Å². The topological polar surface area (TPSA) is 86.2 Å². The van der Waals surface area contributed by atoms with Crippen LogP contribution in [0.5, 0.6) is 0 Å². The number of rotatable bonds is 0. The average molecular weight is 224 g/mol. The van der Waals surface area contributed by atoms with E-state index in [1.165, 1.54) is 0 Å². The third-order valence-electron chi connectivity index (χ3n) is 0. The second kappa shape index (κ2) is 22.5. The van der Waals surface area contributed by atoms with Gasteiger partial charge in [0.05, 0.1) is 0 Å². The number of thiol groups is 2. The molecule has 0 bridgehead atoms. The summed E-state index contributed by atoms with van der Waals surface area (Å²) in [6, 6.07) is 0. The van der Waals surface area contributed by atoms with Crippen LogP contribution in [0.2, 0.25) is 0 Å². The maximum absolute atomic E-state index is 9.09. The molecule has 0 unspecified atom stereocenters. The van der Waals surface area contributed by atoms with Crippen LogP contribution in [0.1, 0.15) is 15.3 Å². The number of amides is 2. The van der Waals surface area contributed by atoms with Crippen LogP contribution in [0, 0.1) is 0 Å². The van der Waals surface area contributed by atoms with Crippen molar-refractivity contribution in [3.8, 4) is 0 Å². The molecule has 4 N–H and O–H groups in total. The van der Waals surface area contributed by atoms with E-state index in [0.717, 1.165) is 0 Å². The Labute approximate surface area is 122 Å². The number of hydrogen-bond donors (Lipinski definition) is 4. The van der Waals surface area contributed by atoms with Gasteiger partial charge in [-0.1, -0.05) is 39.1 Å². The quantitative estimate of drug-likeness (QED) is 0.287. The molecule has 0 atom stereocenters. The third kappa shape index (κ3) is 596. The fourth-order valence-electron chi connectivity index (χ4n) is 0. The fourth-order valence-corrected chi connectivity index (χ4v) is 0. The molecule has 0 aliphatic rings. The molecular formula is C4H13KN2O2S2. The molecule has 0 aliphatic heterocycles. The SMILES string of the molecule is CC.NC(=O)S.NC(=O)S.[H-].[K+]. The summed E-state index contributed by atoms with van der Waals surface area (Å²) in [5, 5.41) is -1.28. The van der Waals surface area contributed by atoms with Gasteiger partial charge >= 0.3 is 51.4 Å². The van der Waals surface area contributed by atoms with E-state index in [2.05, 4.69) is 36.7 Å². The summed E-state index contributed by atoms with van der Waals surface area (Å²) < 4.78 is 0. The molecule has 0 heterocycles. The smallest absolute Gasteiger partial charge is 1.00 e. The summed E-state index contributed by atoms with van der Waals surface area (Å²) >= 11 is 6.21. The summed E-state index contributed by atoms with van der Waals surface area (Å²) in [6.07, 6.45) is 0. The molecule has 64 valence electrons. The van der Waals surface area contributed by atoms with Crippen molar-refractivity contribution in [3.05, 3.63) is 0 Å².